The molecular weight excluding hydrogens is 314 g/mol. The summed E-state index contributed by atoms with van der Waals surface area (Å²) in [5.74, 6) is -4.11. The Kier molecular flexibility index (Phi) is 5.77. The van der Waals surface area contributed by atoms with Crippen LogP contribution in [-0.2, 0) is 19.7 Å². The van der Waals surface area contributed by atoms with E-state index in [-0.39, 0.29) is 5.56 Å². The van der Waals surface area contributed by atoms with Gasteiger partial charge in [0.25, 0.3) is 16.0 Å². The molecule has 0 spiro atoms. The van der Waals surface area contributed by atoms with Crippen molar-refractivity contribution in [2.45, 2.75) is 19.4 Å². The molecule has 0 saturated carbocycles. The number of nitrogens with zero attached hydrogens (tertiary/aromatic N) is 1. The first-order valence-corrected chi connectivity index (χ1v) is 7.81. The van der Waals surface area contributed by atoms with Crippen LogP contribution in [0.25, 0.3) is 0 Å². The monoisotopic (exact) mass is 329 g/mol. The first-order valence-electron chi connectivity index (χ1n) is 6.20. The second-order valence-corrected chi connectivity index (χ2v) is 6.06. The summed E-state index contributed by atoms with van der Waals surface area (Å²) in [5, 5.41) is 9.16. The zero-order chi connectivity index (χ0) is 16.9. The number of carboxylic acids is 1. The molecule has 22 heavy (non-hydrogen) atoms. The van der Waals surface area contributed by atoms with E-state index in [2.05, 4.69) is 0 Å². The zero-order valence-electron chi connectivity index (χ0n) is 11.7. The summed E-state index contributed by atoms with van der Waals surface area (Å²) in [6.45, 7) is 1.00. The standard InChI is InChI=1S/C13H15NO7S/c1-9(15)14(12(16)10-5-3-2-4-6-10)11(13(17)18)7-8-22(19,20)21/h2-6,11H,7-8H2,1H3,(H,17,18)(H,19,20,21)/t11-/m0/s1. The van der Waals surface area contributed by atoms with Crippen LogP contribution in [0.1, 0.15) is 23.7 Å². The van der Waals surface area contributed by atoms with Gasteiger partial charge in [0.1, 0.15) is 6.04 Å². The SMILES string of the molecule is CC(=O)N(C(=O)c1ccccc1)[C@@H](CCS(=O)(=O)O)C(=O)O. The van der Waals surface area contributed by atoms with Gasteiger partial charge in [0, 0.05) is 12.5 Å². The number of hydrogen-bond donors (Lipinski definition) is 2. The van der Waals surface area contributed by atoms with Gasteiger partial charge < -0.3 is 5.11 Å². The topological polar surface area (TPSA) is 129 Å². The summed E-state index contributed by atoms with van der Waals surface area (Å²) in [7, 11) is -4.41. The smallest absolute Gasteiger partial charge is 0.326 e. The van der Waals surface area contributed by atoms with Crippen molar-refractivity contribution in [3.63, 3.8) is 0 Å². The molecule has 120 valence electrons. The van der Waals surface area contributed by atoms with E-state index in [0.717, 1.165) is 6.92 Å². The van der Waals surface area contributed by atoms with Crippen LogP contribution in [0.15, 0.2) is 30.3 Å². The molecule has 8 nitrogen and oxygen atoms in total. The number of rotatable bonds is 6. The van der Waals surface area contributed by atoms with E-state index in [1.54, 1.807) is 18.2 Å². The highest BCUT2D eigenvalue weighted by atomic mass is 32.2. The van der Waals surface area contributed by atoms with Crippen molar-refractivity contribution in [1.82, 2.24) is 4.90 Å². The van der Waals surface area contributed by atoms with E-state index >= 15 is 0 Å². The fraction of sp³-hybridized carbons (Fsp3) is 0.308. The number of carbonyl (C=O) groups excluding carboxylic acids is 2. The Morgan fingerprint density at radius 2 is 1.73 bits per heavy atom. The Hall–Kier alpha value is -2.26. The van der Waals surface area contributed by atoms with Crippen molar-refractivity contribution in [1.29, 1.82) is 0 Å². The number of hydrogen-bond acceptors (Lipinski definition) is 5. The van der Waals surface area contributed by atoms with Gasteiger partial charge >= 0.3 is 5.97 Å². The minimum absolute atomic E-state index is 0.0933. The van der Waals surface area contributed by atoms with E-state index in [1.807, 2.05) is 0 Å². The predicted molar refractivity (Wildman–Crippen MR) is 75.7 cm³/mol. The van der Waals surface area contributed by atoms with Crippen molar-refractivity contribution in [2.24, 2.45) is 0 Å². The zero-order valence-corrected chi connectivity index (χ0v) is 12.5. The van der Waals surface area contributed by atoms with Crippen LogP contribution in [0.2, 0.25) is 0 Å². The van der Waals surface area contributed by atoms with Gasteiger partial charge in [-0.2, -0.15) is 8.42 Å². The van der Waals surface area contributed by atoms with E-state index in [1.165, 1.54) is 12.1 Å². The second-order valence-electron chi connectivity index (χ2n) is 4.49. The van der Waals surface area contributed by atoms with E-state index < -0.39 is 46.1 Å². The van der Waals surface area contributed by atoms with Gasteiger partial charge in [-0.25, -0.2) is 4.79 Å². The van der Waals surface area contributed by atoms with Gasteiger partial charge in [-0.15, -0.1) is 0 Å². The number of imide groups is 1. The van der Waals surface area contributed by atoms with Gasteiger partial charge in [-0.05, 0) is 18.6 Å². The molecule has 9 heteroatoms. The van der Waals surface area contributed by atoms with Gasteiger partial charge in [-0.1, -0.05) is 18.2 Å². The molecular formula is C13H15NO7S. The number of carbonyl (C=O) groups is 3. The molecule has 1 aromatic rings. The molecule has 1 rings (SSSR count). The van der Waals surface area contributed by atoms with Gasteiger partial charge in [0.05, 0.1) is 5.75 Å². The van der Waals surface area contributed by atoms with Crippen LogP contribution in [-0.4, -0.2) is 52.6 Å². The third-order valence-corrected chi connectivity index (χ3v) is 3.58. The fourth-order valence-corrected chi connectivity index (χ4v) is 2.37. The molecule has 0 bridgehead atoms. The average molecular weight is 329 g/mol. The van der Waals surface area contributed by atoms with Crippen LogP contribution >= 0.6 is 0 Å². The molecule has 0 unspecified atom stereocenters. The van der Waals surface area contributed by atoms with Crippen LogP contribution in [0, 0.1) is 0 Å². The Morgan fingerprint density at radius 1 is 1.18 bits per heavy atom. The first-order chi connectivity index (χ1) is 10.1. The fourth-order valence-electron chi connectivity index (χ4n) is 1.85. The Balaban J connectivity index is 3.12. The average Bonchev–Trinajstić information content (AvgIpc) is 2.41. The number of benzene rings is 1. The Morgan fingerprint density at radius 3 is 2.14 bits per heavy atom. The third-order valence-electron chi connectivity index (χ3n) is 2.82. The minimum Gasteiger partial charge on any atom is -0.480 e. The van der Waals surface area contributed by atoms with Crippen molar-refractivity contribution < 1.29 is 32.5 Å². The maximum Gasteiger partial charge on any atom is 0.326 e. The summed E-state index contributed by atoms with van der Waals surface area (Å²) in [6.07, 6.45) is -0.605. The molecule has 0 aliphatic carbocycles. The summed E-state index contributed by atoms with van der Waals surface area (Å²) >= 11 is 0. The number of amides is 2. The second kappa shape index (κ2) is 7.14. The van der Waals surface area contributed by atoms with Crippen LogP contribution < -0.4 is 0 Å². The molecule has 0 saturated heterocycles. The molecule has 0 aromatic heterocycles. The van der Waals surface area contributed by atoms with Gasteiger partial charge in [0.15, 0.2) is 0 Å². The highest BCUT2D eigenvalue weighted by molar-refractivity contribution is 7.85. The highest BCUT2D eigenvalue weighted by Gasteiger charge is 2.34. The minimum atomic E-state index is -4.41. The first kappa shape index (κ1) is 17.8. The molecule has 0 radical (unpaired) electrons. The maximum atomic E-state index is 12.3. The molecule has 2 amide bonds. The van der Waals surface area contributed by atoms with Crippen LogP contribution in [0.3, 0.4) is 0 Å². The van der Waals surface area contributed by atoms with E-state index in [4.69, 9.17) is 9.66 Å². The molecule has 1 atom stereocenters. The summed E-state index contributed by atoms with van der Waals surface area (Å²) < 4.78 is 30.2. The van der Waals surface area contributed by atoms with Crippen molar-refractivity contribution in [3.05, 3.63) is 35.9 Å². The summed E-state index contributed by atoms with van der Waals surface area (Å²) in [5.41, 5.74) is 0.0933. The van der Waals surface area contributed by atoms with Crippen molar-refractivity contribution >= 4 is 27.9 Å². The number of carboxylic acid groups (broad SMARTS) is 1. The normalized spacial score (nSPS) is 12.5. The molecule has 0 fully saturated rings. The quantitative estimate of drug-likeness (QED) is 0.723. The summed E-state index contributed by atoms with van der Waals surface area (Å²) in [4.78, 5) is 35.7. The number of aliphatic carboxylic acids is 1. The van der Waals surface area contributed by atoms with Gasteiger partial charge in [-0.3, -0.25) is 19.0 Å². The van der Waals surface area contributed by atoms with Crippen LogP contribution in [0.5, 0.6) is 0 Å². The van der Waals surface area contributed by atoms with Crippen LogP contribution in [0.4, 0.5) is 0 Å². The van der Waals surface area contributed by atoms with Gasteiger partial charge in [0.2, 0.25) is 5.91 Å². The molecule has 0 aliphatic heterocycles. The van der Waals surface area contributed by atoms with Crippen molar-refractivity contribution in [3.8, 4) is 0 Å². The molecule has 1 aromatic carbocycles. The van der Waals surface area contributed by atoms with E-state index in [9.17, 15) is 22.8 Å². The lowest BCUT2D eigenvalue weighted by atomic mass is 10.1. The Bertz CT molecular complexity index is 669. The largest absolute Gasteiger partial charge is 0.480 e. The molecule has 0 aliphatic rings. The maximum absolute atomic E-state index is 12.3. The molecule has 0 heterocycles. The summed E-state index contributed by atoms with van der Waals surface area (Å²) in [6, 6.07) is 5.84. The predicted octanol–water partition coefficient (Wildman–Crippen LogP) is 0.406. The lowest BCUT2D eigenvalue weighted by Crippen LogP contribution is -2.48. The lowest BCUT2D eigenvalue weighted by Gasteiger charge is -2.25. The third kappa shape index (κ3) is 4.93. The lowest BCUT2D eigenvalue weighted by molar-refractivity contribution is -0.147. The van der Waals surface area contributed by atoms with Crippen molar-refractivity contribution in [2.75, 3.05) is 5.75 Å². The molecule has 2 N–H and O–H groups in total. The Labute approximate surface area is 127 Å². The van der Waals surface area contributed by atoms with E-state index in [0.29, 0.717) is 4.90 Å². The highest BCUT2D eigenvalue weighted by Crippen LogP contribution is 2.13.